The molecule has 33 heavy (non-hydrogen) atoms. The summed E-state index contributed by atoms with van der Waals surface area (Å²) in [6.07, 6.45) is 1.47. The molecule has 2 aromatic carbocycles. The smallest absolute Gasteiger partial charge is 0.269 e. The molecule has 2 N–H and O–H groups in total. The molecule has 0 radical (unpaired) electrons. The van der Waals surface area contributed by atoms with E-state index in [4.69, 9.17) is 4.42 Å². The predicted octanol–water partition coefficient (Wildman–Crippen LogP) is 2.93. The number of nitro groups is 1. The number of hydrogen-bond acceptors (Lipinski definition) is 7. The number of aliphatic imine (C=N–C) groups is 1. The zero-order valence-electron chi connectivity index (χ0n) is 16.9. The molecule has 0 unspecified atom stereocenters. The Labute approximate surface area is 187 Å². The summed E-state index contributed by atoms with van der Waals surface area (Å²) in [5.41, 5.74) is 1.02. The topological polar surface area (TPSA) is 151 Å². The number of benzene rings is 2. The van der Waals surface area contributed by atoms with Crippen molar-refractivity contribution in [3.05, 3.63) is 105 Å². The molecule has 0 saturated carbocycles. The average Bonchev–Trinajstić information content (AvgIpc) is 3.47. The third-order valence-corrected chi connectivity index (χ3v) is 4.81. The number of nitro benzene ring substituents is 1. The maximum absolute atomic E-state index is 12.7. The molecule has 0 spiro atoms. The molecule has 3 aromatic rings. The van der Waals surface area contributed by atoms with E-state index >= 15 is 0 Å². The van der Waals surface area contributed by atoms with Gasteiger partial charge in [0, 0.05) is 28.8 Å². The van der Waals surface area contributed by atoms with Crippen molar-refractivity contribution in [1.29, 1.82) is 5.26 Å². The van der Waals surface area contributed by atoms with E-state index in [0.717, 1.165) is 0 Å². The first-order valence-electron chi connectivity index (χ1n) is 9.67. The zero-order valence-corrected chi connectivity index (χ0v) is 16.9. The maximum Gasteiger partial charge on any atom is 0.269 e. The van der Waals surface area contributed by atoms with E-state index in [1.807, 2.05) is 6.07 Å². The maximum atomic E-state index is 12.7. The van der Waals surface area contributed by atoms with Crippen LogP contribution in [0, 0.1) is 21.4 Å². The van der Waals surface area contributed by atoms with E-state index < -0.39 is 16.7 Å². The number of furan rings is 1. The lowest BCUT2D eigenvalue weighted by Gasteiger charge is -2.06. The van der Waals surface area contributed by atoms with Gasteiger partial charge in [0.25, 0.3) is 17.5 Å². The molecule has 4 rings (SSSR count). The standard InChI is InChI=1S/C23H15N5O5/c24-12-19(23(30)25-13-16-4-3-11-33-16)20-17-5-1-2-6-18(17)21(26-20)27-22(29)14-7-9-15(10-8-14)28(31)32/h1-11H,13H2,(H,25,30)(H,26,27,29). The first kappa shape index (κ1) is 21.2. The number of nitriles is 1. The SMILES string of the molecule is N#CC(C(=O)NCc1ccco1)=C1N=C(NC(=O)c2ccc([N+](=O)[O-])cc2)c2ccccc21. The molecule has 0 aliphatic carbocycles. The summed E-state index contributed by atoms with van der Waals surface area (Å²) in [5, 5.41) is 25.7. The van der Waals surface area contributed by atoms with Crippen LogP contribution in [-0.2, 0) is 11.3 Å². The minimum absolute atomic E-state index is 0.0966. The number of carbonyl (C=O) groups is 2. The van der Waals surface area contributed by atoms with E-state index in [2.05, 4.69) is 15.6 Å². The van der Waals surface area contributed by atoms with Gasteiger partial charge in [-0.15, -0.1) is 0 Å². The van der Waals surface area contributed by atoms with Gasteiger partial charge in [0.2, 0.25) is 0 Å². The van der Waals surface area contributed by atoms with Gasteiger partial charge in [0.1, 0.15) is 23.2 Å². The molecular weight excluding hydrogens is 426 g/mol. The van der Waals surface area contributed by atoms with E-state index in [1.54, 1.807) is 36.4 Å². The van der Waals surface area contributed by atoms with Crippen LogP contribution in [0.1, 0.15) is 27.2 Å². The van der Waals surface area contributed by atoms with Crippen LogP contribution < -0.4 is 10.6 Å². The Balaban J connectivity index is 1.62. The van der Waals surface area contributed by atoms with E-state index in [9.17, 15) is 25.0 Å². The van der Waals surface area contributed by atoms with Crippen molar-refractivity contribution < 1.29 is 18.9 Å². The van der Waals surface area contributed by atoms with Crippen LogP contribution in [0.5, 0.6) is 0 Å². The number of hydrogen-bond donors (Lipinski definition) is 2. The highest BCUT2D eigenvalue weighted by atomic mass is 16.6. The number of non-ortho nitro benzene ring substituents is 1. The number of amidine groups is 1. The van der Waals surface area contributed by atoms with Gasteiger partial charge in [-0.3, -0.25) is 19.7 Å². The van der Waals surface area contributed by atoms with E-state index in [0.29, 0.717) is 16.9 Å². The Bertz CT molecular complexity index is 1350. The first-order chi connectivity index (χ1) is 16.0. The highest BCUT2D eigenvalue weighted by molar-refractivity contribution is 6.20. The Kier molecular flexibility index (Phi) is 5.77. The molecule has 1 aliphatic heterocycles. The Morgan fingerprint density at radius 3 is 2.42 bits per heavy atom. The van der Waals surface area contributed by atoms with Crippen molar-refractivity contribution in [2.45, 2.75) is 6.54 Å². The van der Waals surface area contributed by atoms with Gasteiger partial charge in [-0.05, 0) is 24.3 Å². The Morgan fingerprint density at radius 1 is 1.06 bits per heavy atom. The van der Waals surface area contributed by atoms with Crippen molar-refractivity contribution in [3.8, 4) is 6.07 Å². The molecule has 0 bridgehead atoms. The van der Waals surface area contributed by atoms with Crippen LogP contribution in [0.25, 0.3) is 5.70 Å². The van der Waals surface area contributed by atoms with E-state index in [-0.39, 0.29) is 34.9 Å². The number of rotatable bonds is 5. The highest BCUT2D eigenvalue weighted by Crippen LogP contribution is 2.30. The molecule has 1 aliphatic rings. The summed E-state index contributed by atoms with van der Waals surface area (Å²) < 4.78 is 5.18. The van der Waals surface area contributed by atoms with Gasteiger partial charge < -0.3 is 15.1 Å². The molecule has 0 saturated heterocycles. The molecule has 0 atom stereocenters. The lowest BCUT2D eigenvalue weighted by atomic mass is 10.0. The molecule has 10 heteroatoms. The molecule has 1 aromatic heterocycles. The van der Waals surface area contributed by atoms with Crippen LogP contribution in [0.4, 0.5) is 5.69 Å². The average molecular weight is 441 g/mol. The first-order valence-corrected chi connectivity index (χ1v) is 9.67. The number of fused-ring (bicyclic) bond motifs is 1. The van der Waals surface area contributed by atoms with Crippen LogP contribution in [0.2, 0.25) is 0 Å². The van der Waals surface area contributed by atoms with Crippen molar-refractivity contribution in [2.24, 2.45) is 4.99 Å². The molecule has 0 fully saturated rings. The molecule has 10 nitrogen and oxygen atoms in total. The van der Waals surface area contributed by atoms with Crippen molar-refractivity contribution >= 4 is 29.0 Å². The summed E-state index contributed by atoms with van der Waals surface area (Å²) in [6, 6.07) is 17.2. The zero-order chi connectivity index (χ0) is 23.4. The van der Waals surface area contributed by atoms with Crippen molar-refractivity contribution in [3.63, 3.8) is 0 Å². The minimum atomic E-state index is -0.634. The molecule has 2 heterocycles. The lowest BCUT2D eigenvalue weighted by Crippen LogP contribution is -2.30. The van der Waals surface area contributed by atoms with Crippen molar-refractivity contribution in [2.75, 3.05) is 0 Å². The van der Waals surface area contributed by atoms with Gasteiger partial charge >= 0.3 is 0 Å². The van der Waals surface area contributed by atoms with Crippen LogP contribution >= 0.6 is 0 Å². The summed E-state index contributed by atoms with van der Waals surface area (Å²) >= 11 is 0. The second kappa shape index (κ2) is 8.99. The quantitative estimate of drug-likeness (QED) is 0.269. The summed E-state index contributed by atoms with van der Waals surface area (Å²) in [7, 11) is 0. The Hall–Kier alpha value is -5.04. The third kappa shape index (κ3) is 4.38. The predicted molar refractivity (Wildman–Crippen MR) is 117 cm³/mol. The summed E-state index contributed by atoms with van der Waals surface area (Å²) in [4.78, 5) is 39.9. The van der Waals surface area contributed by atoms with E-state index in [1.165, 1.54) is 30.5 Å². The van der Waals surface area contributed by atoms with Crippen LogP contribution in [0.15, 0.2) is 81.9 Å². The monoisotopic (exact) mass is 441 g/mol. The fraction of sp³-hybridized carbons (Fsp3) is 0.0435. The third-order valence-electron chi connectivity index (χ3n) is 4.81. The second-order valence-electron chi connectivity index (χ2n) is 6.86. The fourth-order valence-electron chi connectivity index (χ4n) is 3.21. The van der Waals surface area contributed by atoms with Gasteiger partial charge in [0.05, 0.1) is 23.4 Å². The van der Waals surface area contributed by atoms with Crippen LogP contribution in [-0.4, -0.2) is 22.6 Å². The minimum Gasteiger partial charge on any atom is -0.467 e. The van der Waals surface area contributed by atoms with Crippen molar-refractivity contribution in [1.82, 2.24) is 10.6 Å². The summed E-state index contributed by atoms with van der Waals surface area (Å²) in [5.74, 6) is -0.488. The van der Waals surface area contributed by atoms with Gasteiger partial charge in [0.15, 0.2) is 0 Å². The van der Waals surface area contributed by atoms with Crippen LogP contribution in [0.3, 0.4) is 0 Å². The molecule has 162 valence electrons. The fourth-order valence-corrected chi connectivity index (χ4v) is 3.21. The number of nitrogens with one attached hydrogen (secondary N) is 2. The Morgan fingerprint density at radius 2 is 1.79 bits per heavy atom. The largest absolute Gasteiger partial charge is 0.467 e. The lowest BCUT2D eigenvalue weighted by molar-refractivity contribution is -0.384. The number of carbonyl (C=O) groups excluding carboxylic acids is 2. The molecular formula is C23H15N5O5. The molecule has 2 amide bonds. The van der Waals surface area contributed by atoms with Gasteiger partial charge in [-0.2, -0.15) is 5.26 Å². The number of nitrogens with zero attached hydrogens (tertiary/aromatic N) is 3. The number of amides is 2. The second-order valence-corrected chi connectivity index (χ2v) is 6.86. The normalized spacial score (nSPS) is 13.4. The highest BCUT2D eigenvalue weighted by Gasteiger charge is 2.27. The van der Waals surface area contributed by atoms with Gasteiger partial charge in [-0.1, -0.05) is 24.3 Å². The summed E-state index contributed by atoms with van der Waals surface area (Å²) in [6.45, 7) is 0.0966. The van der Waals surface area contributed by atoms with Gasteiger partial charge in [-0.25, -0.2) is 4.99 Å².